The quantitative estimate of drug-likeness (QED) is 0.599. The van der Waals surface area contributed by atoms with E-state index in [0.29, 0.717) is 16.8 Å². The van der Waals surface area contributed by atoms with Gasteiger partial charge in [0.25, 0.3) is 0 Å². The minimum absolute atomic E-state index is 0.272. The molecule has 2 saturated heterocycles. The second-order valence-electron chi connectivity index (χ2n) is 8.09. The first-order valence-electron chi connectivity index (χ1n) is 10.5. The summed E-state index contributed by atoms with van der Waals surface area (Å²) in [7, 11) is 1.52. The number of hydrogen-bond donors (Lipinski definition) is 2. The third-order valence-electron chi connectivity index (χ3n) is 5.91. The molecule has 1 aromatic heterocycles. The number of benzene rings is 2. The number of hydrogen-bond acceptors (Lipinski definition) is 8. The second kappa shape index (κ2) is 8.65. The average Bonchev–Trinajstić information content (AvgIpc) is 2.82. The van der Waals surface area contributed by atoms with Crippen LogP contribution in [0.15, 0.2) is 63.8 Å². The van der Waals surface area contributed by atoms with Crippen LogP contribution >= 0.6 is 0 Å². The van der Waals surface area contributed by atoms with Crippen LogP contribution in [0.25, 0.3) is 11.0 Å². The van der Waals surface area contributed by atoms with Crippen molar-refractivity contribution in [2.45, 2.75) is 43.9 Å². The Kier molecular flexibility index (Phi) is 5.71. The van der Waals surface area contributed by atoms with Crippen LogP contribution in [0.5, 0.6) is 0 Å². The monoisotopic (exact) mass is 439 g/mol. The van der Waals surface area contributed by atoms with E-state index >= 15 is 0 Å². The number of rotatable bonds is 4. The molecule has 32 heavy (non-hydrogen) atoms. The summed E-state index contributed by atoms with van der Waals surface area (Å²) in [5, 5.41) is 15.3. The third kappa shape index (κ3) is 3.92. The standard InChI is InChI=1S/C24H25NO7/c1-13-10-15-8-9-16(11-17(15)30-22(13)27)25-19-20(26)21-18(31-24(19)28-2)12-29-23(32-21)14-6-4-3-5-7-14/h3-11,18-21,23-26H,12H2,1-2H3/t18?,19?,20?,21-,23?,24+/m1/s1. The van der Waals surface area contributed by atoms with E-state index < -0.39 is 36.9 Å². The third-order valence-corrected chi connectivity index (χ3v) is 5.91. The Morgan fingerprint density at radius 2 is 1.91 bits per heavy atom. The van der Waals surface area contributed by atoms with Crippen LogP contribution in [0.3, 0.4) is 0 Å². The van der Waals surface area contributed by atoms with Crippen molar-refractivity contribution in [3.05, 3.63) is 76.1 Å². The molecule has 8 nitrogen and oxygen atoms in total. The van der Waals surface area contributed by atoms with E-state index in [9.17, 15) is 9.90 Å². The summed E-state index contributed by atoms with van der Waals surface area (Å²) in [6, 6.07) is 16.2. The lowest BCUT2D eigenvalue weighted by Crippen LogP contribution is -2.64. The lowest BCUT2D eigenvalue weighted by Gasteiger charge is -2.47. The smallest absolute Gasteiger partial charge is 0.339 e. The van der Waals surface area contributed by atoms with E-state index in [1.165, 1.54) is 7.11 Å². The molecule has 168 valence electrons. The number of methoxy groups -OCH3 is 1. The van der Waals surface area contributed by atoms with Gasteiger partial charge in [-0.3, -0.25) is 0 Å². The molecular formula is C24H25NO7. The van der Waals surface area contributed by atoms with Crippen LogP contribution in [-0.2, 0) is 18.9 Å². The molecule has 0 radical (unpaired) electrons. The fourth-order valence-corrected chi connectivity index (χ4v) is 4.22. The van der Waals surface area contributed by atoms with Crippen molar-refractivity contribution in [1.29, 1.82) is 0 Å². The maximum atomic E-state index is 11.9. The lowest BCUT2D eigenvalue weighted by atomic mass is 9.95. The molecule has 6 atom stereocenters. The number of ether oxygens (including phenoxy) is 4. The van der Waals surface area contributed by atoms with E-state index in [-0.39, 0.29) is 12.2 Å². The summed E-state index contributed by atoms with van der Waals surface area (Å²) in [5.41, 5.74) is 2.15. The predicted octanol–water partition coefficient (Wildman–Crippen LogP) is 2.73. The van der Waals surface area contributed by atoms with Crippen molar-refractivity contribution < 1.29 is 28.5 Å². The molecule has 0 bridgehead atoms. The molecule has 2 N–H and O–H groups in total. The van der Waals surface area contributed by atoms with Crippen LogP contribution in [0.1, 0.15) is 17.4 Å². The van der Waals surface area contributed by atoms with Crippen LogP contribution < -0.4 is 10.9 Å². The molecule has 5 rings (SSSR count). The molecule has 2 aromatic carbocycles. The van der Waals surface area contributed by atoms with Gasteiger partial charge in [0.2, 0.25) is 0 Å². The molecule has 0 saturated carbocycles. The molecular weight excluding hydrogens is 414 g/mol. The Hall–Kier alpha value is -2.75. The van der Waals surface area contributed by atoms with Crippen LogP contribution in [0.4, 0.5) is 5.69 Å². The largest absolute Gasteiger partial charge is 0.422 e. The maximum absolute atomic E-state index is 11.9. The Balaban J connectivity index is 1.39. The van der Waals surface area contributed by atoms with Crippen molar-refractivity contribution in [2.75, 3.05) is 19.0 Å². The van der Waals surface area contributed by atoms with Gasteiger partial charge in [-0.05, 0) is 25.1 Å². The van der Waals surface area contributed by atoms with Gasteiger partial charge in [-0.1, -0.05) is 30.3 Å². The highest BCUT2D eigenvalue weighted by Gasteiger charge is 2.49. The number of aliphatic hydroxyl groups excluding tert-OH is 1. The molecule has 0 amide bonds. The molecule has 2 fully saturated rings. The summed E-state index contributed by atoms with van der Waals surface area (Å²) < 4.78 is 28.8. The van der Waals surface area contributed by atoms with Gasteiger partial charge >= 0.3 is 5.63 Å². The predicted molar refractivity (Wildman–Crippen MR) is 116 cm³/mol. The summed E-state index contributed by atoms with van der Waals surface area (Å²) in [6.07, 6.45) is -3.33. The minimum atomic E-state index is -0.936. The zero-order chi connectivity index (χ0) is 22.2. The fraction of sp³-hybridized carbons (Fsp3) is 0.375. The van der Waals surface area contributed by atoms with Crippen LogP contribution in [0.2, 0.25) is 0 Å². The number of nitrogens with one attached hydrogen (secondary N) is 1. The Labute approximate surface area is 184 Å². The second-order valence-corrected chi connectivity index (χ2v) is 8.09. The van der Waals surface area contributed by atoms with Gasteiger partial charge in [0, 0.05) is 35.4 Å². The SMILES string of the molecule is CO[C@H]1OC2COC(c3ccccc3)O[C@H]2C(O)C1Nc1ccc2cc(C)c(=O)oc2c1. The topological polar surface area (TPSA) is 99.4 Å². The Morgan fingerprint density at radius 3 is 2.69 bits per heavy atom. The highest BCUT2D eigenvalue weighted by molar-refractivity contribution is 5.80. The highest BCUT2D eigenvalue weighted by Crippen LogP contribution is 2.35. The first-order chi connectivity index (χ1) is 15.5. The van der Waals surface area contributed by atoms with E-state index in [0.717, 1.165) is 10.9 Å². The van der Waals surface area contributed by atoms with Crippen LogP contribution in [-0.4, -0.2) is 49.5 Å². The fourth-order valence-electron chi connectivity index (χ4n) is 4.22. The normalized spacial score (nSPS) is 30.1. The molecule has 3 aromatic rings. The Bertz CT molecular complexity index is 1150. The zero-order valence-electron chi connectivity index (χ0n) is 17.8. The summed E-state index contributed by atoms with van der Waals surface area (Å²) in [6.45, 7) is 1.98. The number of anilines is 1. The van der Waals surface area contributed by atoms with Gasteiger partial charge in [-0.2, -0.15) is 0 Å². The summed E-state index contributed by atoms with van der Waals surface area (Å²) in [5.74, 6) is 0. The van der Waals surface area contributed by atoms with E-state index in [1.54, 1.807) is 19.1 Å². The first-order valence-corrected chi connectivity index (χ1v) is 10.5. The van der Waals surface area contributed by atoms with E-state index in [1.807, 2.05) is 42.5 Å². The lowest BCUT2D eigenvalue weighted by molar-refractivity contribution is -0.337. The van der Waals surface area contributed by atoms with E-state index in [2.05, 4.69) is 5.32 Å². The molecule has 3 heterocycles. The molecule has 2 aliphatic heterocycles. The molecule has 2 aliphatic rings. The van der Waals surface area contributed by atoms with E-state index in [4.69, 9.17) is 23.4 Å². The van der Waals surface area contributed by atoms with Gasteiger partial charge in [-0.15, -0.1) is 0 Å². The van der Waals surface area contributed by atoms with Crippen LogP contribution in [0, 0.1) is 6.92 Å². The van der Waals surface area contributed by atoms with Crippen molar-refractivity contribution in [3.8, 4) is 0 Å². The first kappa shape index (κ1) is 21.1. The molecule has 8 heteroatoms. The van der Waals surface area contributed by atoms with Gasteiger partial charge in [0.1, 0.15) is 29.9 Å². The summed E-state index contributed by atoms with van der Waals surface area (Å²) >= 11 is 0. The van der Waals surface area contributed by atoms with Crippen molar-refractivity contribution in [2.24, 2.45) is 0 Å². The summed E-state index contributed by atoms with van der Waals surface area (Å²) in [4.78, 5) is 11.9. The van der Waals surface area contributed by atoms with Gasteiger partial charge in [0.15, 0.2) is 12.6 Å². The molecule has 4 unspecified atom stereocenters. The Morgan fingerprint density at radius 1 is 1.09 bits per heavy atom. The maximum Gasteiger partial charge on any atom is 0.339 e. The van der Waals surface area contributed by atoms with Crippen molar-refractivity contribution >= 4 is 16.7 Å². The molecule has 0 spiro atoms. The average molecular weight is 439 g/mol. The highest BCUT2D eigenvalue weighted by atomic mass is 16.7. The number of aliphatic hydroxyl groups is 1. The number of fused-ring (bicyclic) bond motifs is 2. The van der Waals surface area contributed by atoms with Gasteiger partial charge in [0.05, 0.1) is 6.61 Å². The minimum Gasteiger partial charge on any atom is -0.422 e. The van der Waals surface area contributed by atoms with Crippen molar-refractivity contribution in [1.82, 2.24) is 0 Å². The van der Waals surface area contributed by atoms with Gasteiger partial charge < -0.3 is 33.8 Å². The van der Waals surface area contributed by atoms with Gasteiger partial charge in [-0.25, -0.2) is 4.79 Å². The van der Waals surface area contributed by atoms with Crippen molar-refractivity contribution in [3.63, 3.8) is 0 Å². The zero-order valence-corrected chi connectivity index (χ0v) is 17.8. The number of aryl methyl sites for hydroxylation is 1. The molecule has 0 aliphatic carbocycles.